The van der Waals surface area contributed by atoms with E-state index >= 15 is 0 Å². The van der Waals surface area contributed by atoms with E-state index in [1.165, 1.54) is 0 Å². The molecule has 0 aliphatic rings. The quantitative estimate of drug-likeness (QED) is 0.508. The first-order valence-corrected chi connectivity index (χ1v) is 9.66. The number of Topliss-reactive ketones (excluding diaryl/α,β-unsaturated/α-hetero) is 1. The van der Waals surface area contributed by atoms with Crippen LogP contribution in [0.5, 0.6) is 5.75 Å². The predicted octanol–water partition coefficient (Wildman–Crippen LogP) is 3.40. The summed E-state index contributed by atoms with van der Waals surface area (Å²) < 4.78 is 5.30. The van der Waals surface area contributed by atoms with E-state index in [0.29, 0.717) is 5.75 Å². The fourth-order valence-corrected chi connectivity index (χ4v) is 3.23. The molecule has 0 fully saturated rings. The Labute approximate surface area is 176 Å². The molecule has 1 aromatic heterocycles. The summed E-state index contributed by atoms with van der Waals surface area (Å²) >= 11 is 0. The molecule has 154 valence electrons. The van der Waals surface area contributed by atoms with Gasteiger partial charge in [-0.1, -0.05) is 36.4 Å². The smallest absolute Gasteiger partial charge is 0.180 e. The Kier molecular flexibility index (Phi) is 7.19. The SMILES string of the molecule is CN/C=C(/c1ccccc1)C(N)C(=O)C(Nc1cccc(OC)c1)c1ccncc1. The zero-order valence-electron chi connectivity index (χ0n) is 17.1. The molecule has 0 aliphatic heterocycles. The van der Waals surface area contributed by atoms with Crippen LogP contribution >= 0.6 is 0 Å². The molecule has 0 amide bonds. The molecule has 0 saturated heterocycles. The van der Waals surface area contributed by atoms with Gasteiger partial charge in [0.15, 0.2) is 5.78 Å². The zero-order valence-corrected chi connectivity index (χ0v) is 17.1. The molecule has 6 nitrogen and oxygen atoms in total. The van der Waals surface area contributed by atoms with Crippen molar-refractivity contribution in [2.75, 3.05) is 19.5 Å². The topological polar surface area (TPSA) is 89.3 Å². The predicted molar refractivity (Wildman–Crippen MR) is 120 cm³/mol. The third-order valence-electron chi connectivity index (χ3n) is 4.75. The number of carbonyl (C=O) groups excluding carboxylic acids is 1. The van der Waals surface area contributed by atoms with Gasteiger partial charge in [-0.25, -0.2) is 0 Å². The molecule has 3 rings (SSSR count). The number of carbonyl (C=O) groups is 1. The summed E-state index contributed by atoms with van der Waals surface area (Å²) in [6.07, 6.45) is 5.10. The number of anilines is 1. The summed E-state index contributed by atoms with van der Waals surface area (Å²) in [5.74, 6) is 0.541. The number of methoxy groups -OCH3 is 1. The summed E-state index contributed by atoms with van der Waals surface area (Å²) in [7, 11) is 3.39. The second kappa shape index (κ2) is 10.2. The number of ether oxygens (including phenoxy) is 1. The van der Waals surface area contributed by atoms with Crippen molar-refractivity contribution in [1.29, 1.82) is 0 Å². The lowest BCUT2D eigenvalue weighted by molar-refractivity contribution is -0.120. The van der Waals surface area contributed by atoms with E-state index in [2.05, 4.69) is 15.6 Å². The van der Waals surface area contributed by atoms with Gasteiger partial charge in [0.25, 0.3) is 0 Å². The minimum Gasteiger partial charge on any atom is -0.497 e. The third kappa shape index (κ3) is 5.04. The monoisotopic (exact) mass is 402 g/mol. The number of benzene rings is 2. The molecule has 1 heterocycles. The molecule has 6 heteroatoms. The van der Waals surface area contributed by atoms with Crippen molar-refractivity contribution in [3.63, 3.8) is 0 Å². The van der Waals surface area contributed by atoms with Crippen molar-refractivity contribution in [2.24, 2.45) is 5.73 Å². The fraction of sp³-hybridized carbons (Fsp3) is 0.167. The van der Waals surface area contributed by atoms with Crippen molar-refractivity contribution < 1.29 is 9.53 Å². The molecule has 0 spiro atoms. The van der Waals surface area contributed by atoms with Crippen LogP contribution in [-0.4, -0.2) is 31.0 Å². The molecule has 0 saturated carbocycles. The van der Waals surface area contributed by atoms with Crippen molar-refractivity contribution in [1.82, 2.24) is 10.3 Å². The molecule has 4 N–H and O–H groups in total. The molecule has 2 unspecified atom stereocenters. The first-order valence-electron chi connectivity index (χ1n) is 9.66. The summed E-state index contributed by atoms with van der Waals surface area (Å²) in [5.41, 5.74) is 9.64. The molecule has 0 radical (unpaired) electrons. The van der Waals surface area contributed by atoms with Gasteiger partial charge >= 0.3 is 0 Å². The van der Waals surface area contributed by atoms with Crippen molar-refractivity contribution in [3.8, 4) is 5.75 Å². The highest BCUT2D eigenvalue weighted by Gasteiger charge is 2.29. The molecule has 30 heavy (non-hydrogen) atoms. The number of nitrogens with zero attached hydrogens (tertiary/aromatic N) is 1. The van der Waals surface area contributed by atoms with Crippen LogP contribution < -0.4 is 21.1 Å². The number of ketones is 1. The number of aromatic nitrogens is 1. The average molecular weight is 402 g/mol. The molecule has 0 aliphatic carbocycles. The lowest BCUT2D eigenvalue weighted by Crippen LogP contribution is -2.39. The van der Waals surface area contributed by atoms with Gasteiger partial charge in [0.2, 0.25) is 0 Å². The van der Waals surface area contributed by atoms with E-state index in [9.17, 15) is 4.79 Å². The maximum atomic E-state index is 13.6. The van der Waals surface area contributed by atoms with E-state index in [0.717, 1.165) is 22.4 Å². The lowest BCUT2D eigenvalue weighted by atomic mass is 9.91. The Morgan fingerprint density at radius 2 is 1.80 bits per heavy atom. The highest BCUT2D eigenvalue weighted by atomic mass is 16.5. The second-order valence-electron chi connectivity index (χ2n) is 6.72. The van der Waals surface area contributed by atoms with E-state index in [1.54, 1.807) is 32.8 Å². The number of hydrogen-bond acceptors (Lipinski definition) is 6. The number of nitrogens with one attached hydrogen (secondary N) is 2. The number of nitrogens with two attached hydrogens (primary N) is 1. The van der Waals surface area contributed by atoms with Crippen molar-refractivity contribution in [2.45, 2.75) is 12.1 Å². The number of hydrogen-bond donors (Lipinski definition) is 3. The van der Waals surface area contributed by atoms with Crippen molar-refractivity contribution in [3.05, 3.63) is 96.5 Å². The third-order valence-corrected chi connectivity index (χ3v) is 4.75. The van der Waals surface area contributed by atoms with Crippen molar-refractivity contribution >= 4 is 17.0 Å². The van der Waals surface area contributed by atoms with Crippen LogP contribution in [0.1, 0.15) is 17.2 Å². The van der Waals surface area contributed by atoms with Gasteiger partial charge in [-0.2, -0.15) is 0 Å². The van der Waals surface area contributed by atoms with E-state index in [-0.39, 0.29) is 5.78 Å². The van der Waals surface area contributed by atoms with Crippen LogP contribution in [0.15, 0.2) is 85.3 Å². The minimum absolute atomic E-state index is 0.158. The van der Waals surface area contributed by atoms with Gasteiger partial charge in [0, 0.05) is 37.4 Å². The summed E-state index contributed by atoms with van der Waals surface area (Å²) in [6.45, 7) is 0. The van der Waals surface area contributed by atoms with Crippen LogP contribution in [-0.2, 0) is 4.79 Å². The maximum absolute atomic E-state index is 13.6. The molecular weight excluding hydrogens is 376 g/mol. The van der Waals surface area contributed by atoms with E-state index < -0.39 is 12.1 Å². The van der Waals surface area contributed by atoms with E-state index in [4.69, 9.17) is 10.5 Å². The Bertz CT molecular complexity index is 990. The standard InChI is InChI=1S/C24H26N4O2/c1-26-16-21(17-7-4-3-5-8-17)22(25)24(29)23(18-11-13-27-14-12-18)28-19-9-6-10-20(15-19)30-2/h3-16,22-23,26,28H,25H2,1-2H3/b21-16-. The fourth-order valence-electron chi connectivity index (χ4n) is 3.23. The average Bonchev–Trinajstić information content (AvgIpc) is 2.81. The number of rotatable bonds is 9. The maximum Gasteiger partial charge on any atom is 0.180 e. The van der Waals surface area contributed by atoms with Gasteiger partial charge in [0.05, 0.1) is 13.2 Å². The first kappa shape index (κ1) is 21.1. The summed E-state index contributed by atoms with van der Waals surface area (Å²) in [5, 5.41) is 6.32. The summed E-state index contributed by atoms with van der Waals surface area (Å²) in [4.78, 5) is 17.7. The van der Waals surface area contributed by atoms with E-state index in [1.807, 2.05) is 66.7 Å². The van der Waals surface area contributed by atoms with Gasteiger partial charge in [-0.3, -0.25) is 9.78 Å². The van der Waals surface area contributed by atoms with Gasteiger partial charge in [0.1, 0.15) is 11.8 Å². The lowest BCUT2D eigenvalue weighted by Gasteiger charge is -2.24. The molecule has 0 bridgehead atoms. The molecule has 2 aromatic carbocycles. The summed E-state index contributed by atoms with van der Waals surface area (Å²) in [6, 6.07) is 19.2. The molecule has 3 aromatic rings. The largest absolute Gasteiger partial charge is 0.497 e. The highest BCUT2D eigenvalue weighted by molar-refractivity contribution is 6.01. The Morgan fingerprint density at radius 1 is 1.07 bits per heavy atom. The first-order chi connectivity index (χ1) is 14.6. The van der Waals surface area contributed by atoms with Crippen LogP contribution in [0.3, 0.4) is 0 Å². The van der Waals surface area contributed by atoms with Crippen LogP contribution in [0.4, 0.5) is 5.69 Å². The molecule has 2 atom stereocenters. The van der Waals surface area contributed by atoms with Gasteiger partial charge in [-0.05, 0) is 41.0 Å². The Balaban J connectivity index is 1.95. The normalized spacial score (nSPS) is 13.2. The zero-order chi connectivity index (χ0) is 21.3. The van der Waals surface area contributed by atoms with Crippen LogP contribution in [0.2, 0.25) is 0 Å². The Hall–Kier alpha value is -3.64. The highest BCUT2D eigenvalue weighted by Crippen LogP contribution is 2.27. The molecular formula is C24H26N4O2. The Morgan fingerprint density at radius 3 is 2.47 bits per heavy atom. The van der Waals surface area contributed by atoms with Gasteiger partial charge in [-0.15, -0.1) is 0 Å². The van der Waals surface area contributed by atoms with Gasteiger partial charge < -0.3 is 21.1 Å². The minimum atomic E-state index is -0.837. The van der Waals surface area contributed by atoms with Crippen LogP contribution in [0.25, 0.3) is 5.57 Å². The second-order valence-corrected chi connectivity index (χ2v) is 6.72. The van der Waals surface area contributed by atoms with Crippen LogP contribution in [0, 0.1) is 0 Å². The number of pyridine rings is 1.